The van der Waals surface area contributed by atoms with E-state index in [1.807, 2.05) is 0 Å². The average molecular weight is 296 g/mol. The minimum atomic E-state index is 1.21. The molecule has 0 saturated carbocycles. The van der Waals surface area contributed by atoms with E-state index in [0.29, 0.717) is 0 Å². The summed E-state index contributed by atoms with van der Waals surface area (Å²) in [6.07, 6.45) is 0. The molecule has 0 fully saturated rings. The van der Waals surface area contributed by atoms with Crippen molar-refractivity contribution in [1.29, 1.82) is 0 Å². The summed E-state index contributed by atoms with van der Waals surface area (Å²) in [6, 6.07) is 0. The molecule has 0 aliphatic rings. The Balaban J connectivity index is 3.19. The first-order valence-electron chi connectivity index (χ1n) is 2.06. The zero-order valence-corrected chi connectivity index (χ0v) is 11.4. The third-order valence-corrected chi connectivity index (χ3v) is 6.92. The van der Waals surface area contributed by atoms with Gasteiger partial charge >= 0.3 is 74.1 Å². The number of aromatic amines is 1. The number of rotatable bonds is 0. The zero-order chi connectivity index (χ0) is 6.15. The molecule has 0 radical (unpaired) electrons. The molecule has 1 heterocycles. The van der Waals surface area contributed by atoms with E-state index in [0.717, 1.165) is 0 Å². The van der Waals surface area contributed by atoms with Crippen molar-refractivity contribution < 1.29 is 0 Å². The van der Waals surface area contributed by atoms with Gasteiger partial charge in [0.15, 0.2) is 0 Å². The third-order valence-electron chi connectivity index (χ3n) is 0.863. The second-order valence-corrected chi connectivity index (χ2v) is 5.01. The fraction of sp³-hybridized carbons (Fsp3) is 0. The maximum atomic E-state index is 4.05. The molecule has 0 bridgehead atoms. The molecule has 0 aliphatic heterocycles. The van der Waals surface area contributed by atoms with Crippen LogP contribution in [-0.4, -0.2) is 60.8 Å². The van der Waals surface area contributed by atoms with Crippen LogP contribution in [0.5, 0.6) is 0 Å². The van der Waals surface area contributed by atoms with Crippen LogP contribution in [0.4, 0.5) is 0 Å². The summed E-state index contributed by atoms with van der Waals surface area (Å²) in [5.41, 5.74) is 0. The Morgan fingerprint density at radius 2 is 1.88 bits per heavy atom. The summed E-state index contributed by atoms with van der Waals surface area (Å²) in [5.74, 6) is 0. The van der Waals surface area contributed by atoms with Crippen molar-refractivity contribution in [3.8, 4) is 0 Å². The van der Waals surface area contributed by atoms with Gasteiger partial charge in [0.1, 0.15) is 0 Å². The monoisotopic (exact) mass is 296 g/mol. The van der Waals surface area contributed by atoms with Gasteiger partial charge in [-0.3, -0.25) is 0 Å². The Kier molecular flexibility index (Phi) is 2.31. The van der Waals surface area contributed by atoms with Crippen LogP contribution in [0.15, 0.2) is 0 Å². The van der Waals surface area contributed by atoms with Crippen molar-refractivity contribution >= 4 is 63.9 Å². The van der Waals surface area contributed by atoms with E-state index in [-0.39, 0.29) is 0 Å². The Labute approximate surface area is 73.7 Å². The Bertz CT molecular complexity index is 175. The fourth-order valence-electron chi connectivity index (χ4n) is 0.379. The molecular formula is C3H7As3N2. The van der Waals surface area contributed by atoms with Crippen LogP contribution in [0.2, 0.25) is 0 Å². The molecule has 0 amide bonds. The first-order chi connectivity index (χ1) is 3.72. The molecule has 1 aromatic heterocycles. The molecule has 3 atom stereocenters. The number of hydrogen-bond acceptors (Lipinski definition) is 1. The van der Waals surface area contributed by atoms with Crippen molar-refractivity contribution in [2.45, 2.75) is 0 Å². The Hall–Kier alpha value is 0.885. The zero-order valence-electron chi connectivity index (χ0n) is 4.18. The summed E-state index contributed by atoms with van der Waals surface area (Å²) < 4.78 is 3.87. The molecule has 0 spiro atoms. The van der Waals surface area contributed by atoms with E-state index in [2.05, 4.69) is 10.2 Å². The van der Waals surface area contributed by atoms with Crippen molar-refractivity contribution in [2.75, 3.05) is 0 Å². The van der Waals surface area contributed by atoms with Crippen molar-refractivity contribution in [1.82, 2.24) is 10.2 Å². The molecule has 1 aromatic rings. The predicted molar refractivity (Wildman–Crippen MR) is 43.1 cm³/mol. The number of hydrogen-bond donors (Lipinski definition) is 1. The Morgan fingerprint density at radius 1 is 1.25 bits per heavy atom. The molecule has 0 aromatic carbocycles. The maximum absolute atomic E-state index is 4.05. The fourth-order valence-corrected chi connectivity index (χ4v) is 2.29. The van der Waals surface area contributed by atoms with Gasteiger partial charge in [0.2, 0.25) is 0 Å². The summed E-state index contributed by atoms with van der Waals surface area (Å²) in [4.78, 5) is 0. The minimum absolute atomic E-state index is 1.21. The molecule has 8 heavy (non-hydrogen) atoms. The van der Waals surface area contributed by atoms with E-state index in [1.165, 1.54) is 13.3 Å². The Morgan fingerprint density at radius 3 is 2.00 bits per heavy atom. The third kappa shape index (κ3) is 1.24. The summed E-state index contributed by atoms with van der Waals surface area (Å²) in [6.45, 7) is 0. The van der Waals surface area contributed by atoms with Gasteiger partial charge in [-0.1, -0.05) is 0 Å². The van der Waals surface area contributed by atoms with Gasteiger partial charge in [-0.05, 0) is 0 Å². The molecule has 3 unspecified atom stereocenters. The normalized spacial score (nSPS) is 9.88. The van der Waals surface area contributed by atoms with Crippen molar-refractivity contribution in [3.05, 3.63) is 0 Å². The molecule has 44 valence electrons. The second kappa shape index (κ2) is 2.65. The van der Waals surface area contributed by atoms with Crippen LogP contribution in [0.3, 0.4) is 0 Å². The predicted octanol–water partition coefficient (Wildman–Crippen LogP) is -4.82. The van der Waals surface area contributed by atoms with E-state index in [4.69, 9.17) is 0 Å². The van der Waals surface area contributed by atoms with Gasteiger partial charge in [-0.25, -0.2) is 0 Å². The van der Waals surface area contributed by atoms with Crippen molar-refractivity contribution in [2.24, 2.45) is 0 Å². The first-order valence-corrected chi connectivity index (χ1v) is 5.70. The molecule has 1 N–H and O–H groups in total. The van der Waals surface area contributed by atoms with E-state index in [9.17, 15) is 0 Å². The molecule has 2 nitrogen and oxygen atoms in total. The molecular weight excluding hydrogens is 289 g/mol. The number of H-pyrrole nitrogens is 1. The van der Waals surface area contributed by atoms with Crippen LogP contribution in [0.1, 0.15) is 0 Å². The van der Waals surface area contributed by atoms with Gasteiger partial charge in [0.25, 0.3) is 0 Å². The topological polar surface area (TPSA) is 28.7 Å². The number of nitrogens with one attached hydrogen (secondary N) is 1. The average Bonchev–Trinajstić information content (AvgIpc) is 1.98. The number of aromatic nitrogens is 2. The molecule has 5 heteroatoms. The summed E-state index contributed by atoms with van der Waals surface area (Å²) in [5, 5.41) is 7.00. The first kappa shape index (κ1) is 7.00. The van der Waals surface area contributed by atoms with Crippen LogP contribution in [-0.2, 0) is 0 Å². The van der Waals surface area contributed by atoms with Gasteiger partial charge < -0.3 is 0 Å². The standard InChI is InChI=1S/C3H7As3N2/c4-1-2(5)7-8-3(1)6/h4-6H2,(H,7,8). The second-order valence-electron chi connectivity index (χ2n) is 1.44. The van der Waals surface area contributed by atoms with Crippen molar-refractivity contribution in [3.63, 3.8) is 0 Å². The van der Waals surface area contributed by atoms with Gasteiger partial charge in [-0.2, -0.15) is 0 Å². The van der Waals surface area contributed by atoms with Gasteiger partial charge in [0, 0.05) is 0 Å². The van der Waals surface area contributed by atoms with Crippen LogP contribution < -0.4 is 13.3 Å². The summed E-state index contributed by atoms with van der Waals surface area (Å²) in [7, 11) is 0. The van der Waals surface area contributed by atoms with Crippen LogP contribution in [0.25, 0.3) is 0 Å². The summed E-state index contributed by atoms with van der Waals surface area (Å²) >= 11 is 4.89. The van der Waals surface area contributed by atoms with E-state index in [1.54, 1.807) is 50.6 Å². The van der Waals surface area contributed by atoms with Crippen LogP contribution in [0, 0.1) is 0 Å². The van der Waals surface area contributed by atoms with Gasteiger partial charge in [-0.15, -0.1) is 0 Å². The van der Waals surface area contributed by atoms with E-state index >= 15 is 0 Å². The SMILES string of the molecule is [AsH2]c1n[nH]c([AsH2])c1[AsH2]. The molecule has 1 rings (SSSR count). The quantitative estimate of drug-likeness (QED) is 0.478. The van der Waals surface area contributed by atoms with E-state index < -0.39 is 0 Å². The number of nitrogens with zero attached hydrogens (tertiary/aromatic N) is 1. The van der Waals surface area contributed by atoms with Crippen LogP contribution >= 0.6 is 0 Å². The molecule has 0 saturated heterocycles. The van der Waals surface area contributed by atoms with Gasteiger partial charge in [0.05, 0.1) is 0 Å². The molecule has 0 aliphatic carbocycles.